The van der Waals surface area contributed by atoms with E-state index in [2.05, 4.69) is 16.7 Å². The summed E-state index contributed by atoms with van der Waals surface area (Å²) in [5.74, 6) is -0.419. The molecular formula is C25H30N4O3. The number of carbonyl (C=O) groups is 2. The number of nitriles is 1. The van der Waals surface area contributed by atoms with Gasteiger partial charge in [0.25, 0.3) is 5.91 Å². The summed E-state index contributed by atoms with van der Waals surface area (Å²) in [7, 11) is 0. The van der Waals surface area contributed by atoms with E-state index in [0.717, 1.165) is 61.6 Å². The first-order valence-corrected chi connectivity index (χ1v) is 11.5. The van der Waals surface area contributed by atoms with Crippen LogP contribution in [0.3, 0.4) is 0 Å². The third-order valence-electron chi connectivity index (χ3n) is 6.29. The largest absolute Gasteiger partial charge is 0.376 e. The molecule has 4 rings (SSSR count). The highest BCUT2D eigenvalue weighted by Gasteiger charge is 2.20. The number of aromatic nitrogens is 1. The third kappa shape index (κ3) is 5.38. The van der Waals surface area contributed by atoms with Crippen LogP contribution in [0.2, 0.25) is 0 Å². The van der Waals surface area contributed by atoms with Crippen LogP contribution < -0.4 is 10.6 Å². The molecule has 1 aliphatic carbocycles. The van der Waals surface area contributed by atoms with Crippen molar-refractivity contribution in [1.29, 1.82) is 5.26 Å². The maximum atomic E-state index is 12.7. The van der Waals surface area contributed by atoms with Crippen LogP contribution in [0.25, 0.3) is 17.0 Å². The fourth-order valence-corrected chi connectivity index (χ4v) is 4.58. The van der Waals surface area contributed by atoms with Gasteiger partial charge in [0.15, 0.2) is 0 Å². The molecule has 168 valence electrons. The predicted octanol–water partition coefficient (Wildman–Crippen LogP) is 3.29. The zero-order chi connectivity index (χ0) is 22.3. The number of benzene rings is 1. The molecule has 0 spiro atoms. The molecule has 7 heteroatoms. The van der Waals surface area contributed by atoms with Crippen LogP contribution in [0.15, 0.2) is 36.0 Å². The van der Waals surface area contributed by atoms with Crippen LogP contribution in [0.5, 0.6) is 0 Å². The first kappa shape index (κ1) is 22.1. The maximum Gasteiger partial charge on any atom is 0.262 e. The average Bonchev–Trinajstić information content (AvgIpc) is 3.45. The van der Waals surface area contributed by atoms with E-state index in [0.29, 0.717) is 6.54 Å². The van der Waals surface area contributed by atoms with Gasteiger partial charge in [-0.1, -0.05) is 37.5 Å². The summed E-state index contributed by atoms with van der Waals surface area (Å²) in [4.78, 5) is 25.2. The molecule has 2 aromatic rings. The highest BCUT2D eigenvalue weighted by Crippen LogP contribution is 2.24. The second-order valence-corrected chi connectivity index (χ2v) is 8.65. The Kier molecular flexibility index (Phi) is 7.23. The van der Waals surface area contributed by atoms with Gasteiger partial charge < -0.3 is 19.9 Å². The number of nitrogens with one attached hydrogen (secondary N) is 2. The van der Waals surface area contributed by atoms with Gasteiger partial charge in [0, 0.05) is 41.9 Å². The number of hydrogen-bond donors (Lipinski definition) is 2. The monoisotopic (exact) mass is 434 g/mol. The SMILES string of the molecule is N#C/C(=C\c1cn(CC(=O)NC[C@@H]2CCCO2)c2ccccc12)C(=O)NC1CCCCC1. The summed E-state index contributed by atoms with van der Waals surface area (Å²) in [6.45, 7) is 1.44. The Balaban J connectivity index is 1.49. The van der Waals surface area contributed by atoms with Gasteiger partial charge in [-0.3, -0.25) is 9.59 Å². The minimum absolute atomic E-state index is 0.0845. The first-order chi connectivity index (χ1) is 15.6. The highest BCUT2D eigenvalue weighted by molar-refractivity contribution is 6.04. The summed E-state index contributed by atoms with van der Waals surface area (Å²) in [5.41, 5.74) is 1.72. The molecule has 2 fully saturated rings. The van der Waals surface area contributed by atoms with E-state index in [9.17, 15) is 14.9 Å². The van der Waals surface area contributed by atoms with Gasteiger partial charge in [-0.05, 0) is 37.8 Å². The fraction of sp³-hybridized carbons (Fsp3) is 0.480. The van der Waals surface area contributed by atoms with Crippen molar-refractivity contribution in [1.82, 2.24) is 15.2 Å². The van der Waals surface area contributed by atoms with Crippen LogP contribution in [0, 0.1) is 11.3 Å². The summed E-state index contributed by atoms with van der Waals surface area (Å²) in [6, 6.07) is 9.90. The average molecular weight is 435 g/mol. The van der Waals surface area contributed by atoms with Crippen molar-refractivity contribution in [2.24, 2.45) is 0 Å². The molecule has 1 aromatic carbocycles. The molecule has 1 aromatic heterocycles. The number of ether oxygens (including phenoxy) is 1. The molecule has 1 saturated carbocycles. The van der Waals surface area contributed by atoms with Crippen LogP contribution in [-0.4, -0.2) is 41.7 Å². The van der Waals surface area contributed by atoms with Crippen molar-refractivity contribution in [3.05, 3.63) is 41.6 Å². The second-order valence-electron chi connectivity index (χ2n) is 8.65. The Morgan fingerprint density at radius 3 is 2.72 bits per heavy atom. The Labute approximate surface area is 188 Å². The minimum atomic E-state index is -0.328. The number of rotatable bonds is 7. The topological polar surface area (TPSA) is 96.2 Å². The number of amides is 2. The normalized spacial score (nSPS) is 19.6. The lowest BCUT2D eigenvalue weighted by Gasteiger charge is -2.22. The van der Waals surface area contributed by atoms with Crippen molar-refractivity contribution < 1.29 is 14.3 Å². The molecule has 1 saturated heterocycles. The summed E-state index contributed by atoms with van der Waals surface area (Å²) >= 11 is 0. The lowest BCUT2D eigenvalue weighted by Crippen LogP contribution is -2.36. The quantitative estimate of drug-likeness (QED) is 0.516. The van der Waals surface area contributed by atoms with Crippen molar-refractivity contribution in [3.63, 3.8) is 0 Å². The van der Waals surface area contributed by atoms with E-state index in [4.69, 9.17) is 4.74 Å². The molecular weight excluding hydrogens is 404 g/mol. The Hall–Kier alpha value is -3.11. The van der Waals surface area contributed by atoms with Crippen molar-refractivity contribution in [2.75, 3.05) is 13.2 Å². The van der Waals surface area contributed by atoms with Crippen LogP contribution >= 0.6 is 0 Å². The summed E-state index contributed by atoms with van der Waals surface area (Å²) in [6.07, 6.45) is 10.9. The Morgan fingerprint density at radius 1 is 1.16 bits per heavy atom. The number of hydrogen-bond acceptors (Lipinski definition) is 4. The van der Waals surface area contributed by atoms with E-state index in [1.807, 2.05) is 35.0 Å². The number of nitrogens with zero attached hydrogens (tertiary/aromatic N) is 2. The van der Waals surface area contributed by atoms with Gasteiger partial charge in [-0.15, -0.1) is 0 Å². The lowest BCUT2D eigenvalue weighted by molar-refractivity contribution is -0.122. The number of para-hydroxylation sites is 1. The zero-order valence-corrected chi connectivity index (χ0v) is 18.3. The van der Waals surface area contributed by atoms with Gasteiger partial charge in [0.2, 0.25) is 5.91 Å². The standard InChI is InChI=1S/C25H30N4O3/c26-14-18(25(31)28-20-7-2-1-3-8-20)13-19-16-29(23-11-5-4-10-22(19)23)17-24(30)27-15-21-9-6-12-32-21/h4-5,10-11,13,16,20-21H,1-3,6-9,12,15,17H2,(H,27,30)(H,28,31)/b18-13+/t21-/m0/s1. The Bertz CT molecular complexity index is 1040. The number of fused-ring (bicyclic) bond motifs is 1. The van der Waals surface area contributed by atoms with E-state index in [1.165, 1.54) is 6.42 Å². The first-order valence-electron chi connectivity index (χ1n) is 11.5. The molecule has 32 heavy (non-hydrogen) atoms. The van der Waals surface area contributed by atoms with E-state index in [1.54, 1.807) is 6.08 Å². The summed E-state index contributed by atoms with van der Waals surface area (Å²) < 4.78 is 7.42. The highest BCUT2D eigenvalue weighted by atomic mass is 16.5. The van der Waals surface area contributed by atoms with Crippen LogP contribution in [-0.2, 0) is 20.9 Å². The molecule has 0 radical (unpaired) electrons. The lowest BCUT2D eigenvalue weighted by atomic mass is 9.95. The van der Waals surface area contributed by atoms with Crippen LogP contribution in [0.1, 0.15) is 50.5 Å². The van der Waals surface area contributed by atoms with Crippen LogP contribution in [0.4, 0.5) is 0 Å². The molecule has 2 aliphatic rings. The minimum Gasteiger partial charge on any atom is -0.376 e. The van der Waals surface area contributed by atoms with Gasteiger partial charge in [-0.25, -0.2) is 0 Å². The molecule has 7 nitrogen and oxygen atoms in total. The van der Waals surface area contributed by atoms with Gasteiger partial charge >= 0.3 is 0 Å². The molecule has 0 unspecified atom stereocenters. The van der Waals surface area contributed by atoms with Crippen molar-refractivity contribution >= 4 is 28.8 Å². The predicted molar refractivity (Wildman–Crippen MR) is 123 cm³/mol. The fourth-order valence-electron chi connectivity index (χ4n) is 4.58. The summed E-state index contributed by atoms with van der Waals surface area (Å²) in [5, 5.41) is 16.5. The second kappa shape index (κ2) is 10.5. The zero-order valence-electron chi connectivity index (χ0n) is 18.3. The van der Waals surface area contributed by atoms with E-state index >= 15 is 0 Å². The molecule has 2 amide bonds. The smallest absolute Gasteiger partial charge is 0.262 e. The molecule has 1 aliphatic heterocycles. The van der Waals surface area contributed by atoms with Gasteiger partial charge in [-0.2, -0.15) is 5.26 Å². The van der Waals surface area contributed by atoms with Gasteiger partial charge in [0.05, 0.1) is 6.10 Å². The molecule has 0 bridgehead atoms. The molecule has 2 N–H and O–H groups in total. The molecule has 2 heterocycles. The van der Waals surface area contributed by atoms with Crippen molar-refractivity contribution in [2.45, 2.75) is 63.6 Å². The molecule has 1 atom stereocenters. The van der Waals surface area contributed by atoms with Crippen molar-refractivity contribution in [3.8, 4) is 6.07 Å². The third-order valence-corrected chi connectivity index (χ3v) is 6.29. The van der Waals surface area contributed by atoms with Gasteiger partial charge in [0.1, 0.15) is 18.2 Å². The van der Waals surface area contributed by atoms with E-state index in [-0.39, 0.29) is 36.1 Å². The van der Waals surface area contributed by atoms with E-state index < -0.39 is 0 Å². The maximum absolute atomic E-state index is 12.7. The number of carbonyl (C=O) groups excluding carboxylic acids is 2. The Morgan fingerprint density at radius 2 is 1.97 bits per heavy atom.